The van der Waals surface area contributed by atoms with E-state index in [2.05, 4.69) is 25.3 Å². The number of nitrogens with one attached hydrogen (secondary N) is 2. The van der Waals surface area contributed by atoms with Crippen molar-refractivity contribution < 1.29 is 18.0 Å². The van der Waals surface area contributed by atoms with Gasteiger partial charge >= 0.3 is 6.18 Å². The highest BCUT2D eigenvalue weighted by Gasteiger charge is 2.34. The number of hydrogen-bond acceptors (Lipinski definition) is 5. The number of benzene rings is 2. The molecule has 5 aromatic rings. The van der Waals surface area contributed by atoms with Crippen LogP contribution in [0.4, 0.5) is 18.9 Å². The Kier molecular flexibility index (Phi) is 7.29. The average Bonchev–Trinajstić information content (AvgIpc) is 3.64. The first-order chi connectivity index (χ1) is 20.1. The number of aromatic nitrogens is 4. The third kappa shape index (κ3) is 5.79. The number of likely N-dealkylation sites (N-methyl/N-ethyl adjacent to an activating group) is 1. The Morgan fingerprint density at radius 2 is 1.81 bits per heavy atom. The summed E-state index contributed by atoms with van der Waals surface area (Å²) in [5.41, 5.74) is 4.00. The monoisotopic (exact) mass is 573 g/mol. The van der Waals surface area contributed by atoms with Crippen LogP contribution in [0, 0.1) is 6.92 Å². The Labute approximate surface area is 240 Å². The highest BCUT2D eigenvalue weighted by atomic mass is 19.4. The van der Waals surface area contributed by atoms with Crippen LogP contribution in [0.5, 0.6) is 0 Å². The molecule has 2 aromatic carbocycles. The molecule has 0 bridgehead atoms. The molecule has 2 N–H and O–H groups in total. The van der Waals surface area contributed by atoms with E-state index in [-0.39, 0.29) is 17.7 Å². The predicted octanol–water partition coefficient (Wildman–Crippen LogP) is 5.74. The Morgan fingerprint density at radius 1 is 1.00 bits per heavy atom. The Morgan fingerprint density at radius 3 is 2.60 bits per heavy atom. The highest BCUT2D eigenvalue weighted by Crippen LogP contribution is 2.34. The summed E-state index contributed by atoms with van der Waals surface area (Å²) in [6.07, 6.45) is 2.64. The molecule has 0 atom stereocenters. The fourth-order valence-corrected chi connectivity index (χ4v) is 5.20. The van der Waals surface area contributed by atoms with Crippen LogP contribution < -0.4 is 5.32 Å². The molecule has 11 heteroatoms. The van der Waals surface area contributed by atoms with Gasteiger partial charge in [-0.1, -0.05) is 12.1 Å². The van der Waals surface area contributed by atoms with Gasteiger partial charge in [0.05, 0.1) is 17.4 Å². The Hall–Kier alpha value is -4.48. The van der Waals surface area contributed by atoms with Crippen LogP contribution in [0.25, 0.3) is 27.8 Å². The number of aromatic amines is 1. The number of nitrogens with zero attached hydrogens (tertiary/aromatic N) is 5. The largest absolute Gasteiger partial charge is 0.416 e. The van der Waals surface area contributed by atoms with Gasteiger partial charge in [0, 0.05) is 79.1 Å². The molecule has 0 radical (unpaired) electrons. The molecule has 4 heterocycles. The maximum absolute atomic E-state index is 14.0. The van der Waals surface area contributed by atoms with Crippen molar-refractivity contribution in [1.82, 2.24) is 29.5 Å². The van der Waals surface area contributed by atoms with Crippen LogP contribution in [0.2, 0.25) is 0 Å². The van der Waals surface area contributed by atoms with E-state index < -0.39 is 17.6 Å². The van der Waals surface area contributed by atoms with Gasteiger partial charge in [0.25, 0.3) is 5.91 Å². The van der Waals surface area contributed by atoms with Gasteiger partial charge in [0.2, 0.25) is 0 Å². The molecule has 3 aromatic heterocycles. The van der Waals surface area contributed by atoms with Gasteiger partial charge in [-0.15, -0.1) is 0 Å². The van der Waals surface area contributed by atoms with Crippen molar-refractivity contribution in [3.8, 4) is 16.8 Å². The molecule has 216 valence electrons. The summed E-state index contributed by atoms with van der Waals surface area (Å²) in [6.45, 7) is 5.12. The van der Waals surface area contributed by atoms with Crippen molar-refractivity contribution in [2.45, 2.75) is 19.6 Å². The summed E-state index contributed by atoms with van der Waals surface area (Å²) >= 11 is 0. The zero-order chi connectivity index (χ0) is 29.4. The highest BCUT2D eigenvalue weighted by molar-refractivity contribution is 6.04. The molecule has 0 aliphatic carbocycles. The summed E-state index contributed by atoms with van der Waals surface area (Å²) in [6, 6.07) is 13.1. The number of hydrogen-bond donors (Lipinski definition) is 2. The normalized spacial score (nSPS) is 14.9. The first-order valence-electron chi connectivity index (χ1n) is 13.7. The number of H-pyrrole nitrogens is 1. The van der Waals surface area contributed by atoms with Crippen molar-refractivity contribution >= 4 is 22.6 Å². The summed E-state index contributed by atoms with van der Waals surface area (Å²) in [5.74, 6) is -0.617. The van der Waals surface area contributed by atoms with Gasteiger partial charge in [-0.05, 0) is 61.5 Å². The second-order valence-electron chi connectivity index (χ2n) is 10.7. The minimum atomic E-state index is -4.58. The van der Waals surface area contributed by atoms with Crippen molar-refractivity contribution in [2.75, 3.05) is 38.5 Å². The zero-order valence-corrected chi connectivity index (χ0v) is 23.2. The number of carbonyl (C=O) groups is 1. The summed E-state index contributed by atoms with van der Waals surface area (Å²) in [4.78, 5) is 24.8. The van der Waals surface area contributed by atoms with Crippen molar-refractivity contribution in [2.24, 2.45) is 0 Å². The number of carbonyl (C=O) groups excluding carboxylic acids is 1. The average molecular weight is 574 g/mol. The van der Waals surface area contributed by atoms with Crippen LogP contribution >= 0.6 is 0 Å². The number of alkyl halides is 3. The molecule has 1 aliphatic rings. The summed E-state index contributed by atoms with van der Waals surface area (Å²) in [7, 11) is 2.00. The standard InChI is InChI=1S/C31H30F3N7O/c1-20-3-6-26(15-28(20)41-19-25(17-37-41)24-13-21-7-8-35-29(21)36-16-24)38-30(42)22-4-5-23(27(14-22)31(32,33)34)18-40-11-9-39(2)10-12-40/h3-8,13-17,19H,9-12,18H2,1-2H3,(H,35,36)(H,38,42). The number of anilines is 1. The topological polar surface area (TPSA) is 82.1 Å². The van der Waals surface area contributed by atoms with Gasteiger partial charge in [-0.2, -0.15) is 18.3 Å². The van der Waals surface area contributed by atoms with E-state index in [0.717, 1.165) is 52.6 Å². The molecule has 1 aliphatic heterocycles. The van der Waals surface area contributed by atoms with Gasteiger partial charge < -0.3 is 15.2 Å². The lowest BCUT2D eigenvalue weighted by atomic mass is 10.0. The fraction of sp³-hybridized carbons (Fsp3) is 0.258. The molecule has 0 spiro atoms. The molecule has 0 unspecified atom stereocenters. The number of amides is 1. The molecular formula is C31H30F3N7O. The van der Waals surface area contributed by atoms with Crippen LogP contribution in [-0.2, 0) is 12.7 Å². The third-order valence-corrected chi connectivity index (χ3v) is 7.70. The van der Waals surface area contributed by atoms with E-state index in [0.29, 0.717) is 18.8 Å². The van der Waals surface area contributed by atoms with Crippen LogP contribution in [0.3, 0.4) is 0 Å². The van der Waals surface area contributed by atoms with E-state index in [4.69, 9.17) is 0 Å². The molecule has 1 saturated heterocycles. The molecule has 1 fully saturated rings. The van der Waals surface area contributed by atoms with Crippen LogP contribution in [0.1, 0.15) is 27.0 Å². The Bertz CT molecular complexity index is 1750. The van der Waals surface area contributed by atoms with Gasteiger partial charge in [-0.3, -0.25) is 9.69 Å². The van der Waals surface area contributed by atoms with Crippen LogP contribution in [-0.4, -0.2) is 68.7 Å². The fourth-order valence-electron chi connectivity index (χ4n) is 5.20. The van der Waals surface area contributed by atoms with Crippen molar-refractivity contribution in [3.05, 3.63) is 95.6 Å². The summed E-state index contributed by atoms with van der Waals surface area (Å²) < 4.78 is 43.8. The number of aryl methyl sites for hydroxylation is 1. The lowest BCUT2D eigenvalue weighted by Crippen LogP contribution is -2.44. The minimum absolute atomic E-state index is 0.0550. The SMILES string of the molecule is Cc1ccc(NC(=O)c2ccc(CN3CCN(C)CC3)c(C(F)(F)F)c2)cc1-n1cc(-c2cnc3[nH]ccc3c2)cn1. The maximum atomic E-state index is 14.0. The minimum Gasteiger partial charge on any atom is -0.346 e. The second kappa shape index (κ2) is 11.1. The van der Waals surface area contributed by atoms with Crippen LogP contribution in [0.15, 0.2) is 73.3 Å². The molecule has 1 amide bonds. The van der Waals surface area contributed by atoms with Crippen molar-refractivity contribution in [1.29, 1.82) is 0 Å². The number of fused-ring (bicyclic) bond motifs is 1. The molecular weight excluding hydrogens is 543 g/mol. The number of piperazine rings is 1. The smallest absolute Gasteiger partial charge is 0.346 e. The van der Waals surface area contributed by atoms with E-state index in [1.807, 2.05) is 49.5 Å². The molecule has 0 saturated carbocycles. The first-order valence-corrected chi connectivity index (χ1v) is 13.7. The number of pyridine rings is 1. The molecule has 8 nitrogen and oxygen atoms in total. The number of halogens is 3. The van der Waals surface area contributed by atoms with E-state index >= 15 is 0 Å². The first kappa shape index (κ1) is 27.7. The maximum Gasteiger partial charge on any atom is 0.416 e. The quantitative estimate of drug-likeness (QED) is 0.271. The lowest BCUT2D eigenvalue weighted by molar-refractivity contribution is -0.138. The van der Waals surface area contributed by atoms with Crippen molar-refractivity contribution in [3.63, 3.8) is 0 Å². The third-order valence-electron chi connectivity index (χ3n) is 7.70. The number of rotatable bonds is 6. The second-order valence-corrected chi connectivity index (χ2v) is 10.7. The molecule has 42 heavy (non-hydrogen) atoms. The predicted molar refractivity (Wildman–Crippen MR) is 156 cm³/mol. The van der Waals surface area contributed by atoms with E-state index in [1.54, 1.807) is 29.2 Å². The summed E-state index contributed by atoms with van der Waals surface area (Å²) in [5, 5.41) is 8.25. The van der Waals surface area contributed by atoms with Gasteiger partial charge in [0.15, 0.2) is 0 Å². The molecule has 6 rings (SSSR count). The van der Waals surface area contributed by atoms with Gasteiger partial charge in [0.1, 0.15) is 5.65 Å². The van der Waals surface area contributed by atoms with E-state index in [9.17, 15) is 18.0 Å². The van der Waals surface area contributed by atoms with E-state index in [1.165, 1.54) is 12.1 Å². The van der Waals surface area contributed by atoms with Gasteiger partial charge in [-0.25, -0.2) is 9.67 Å². The Balaban J connectivity index is 1.21. The zero-order valence-electron chi connectivity index (χ0n) is 23.2. The lowest BCUT2D eigenvalue weighted by Gasteiger charge is -2.33.